The van der Waals surface area contributed by atoms with E-state index in [1.54, 1.807) is 48.5 Å². The molecule has 0 aliphatic carbocycles. The summed E-state index contributed by atoms with van der Waals surface area (Å²) < 4.78 is 13.7. The molecule has 230 valence electrons. The highest BCUT2D eigenvalue weighted by atomic mass is 35.5. The Labute approximate surface area is 275 Å². The lowest BCUT2D eigenvalue weighted by molar-refractivity contribution is -0.116. The highest BCUT2D eigenvalue weighted by Crippen LogP contribution is 2.37. The van der Waals surface area contributed by atoms with Gasteiger partial charge in [-0.15, -0.1) is 11.8 Å². The Morgan fingerprint density at radius 3 is 2.15 bits per heavy atom. The molecule has 6 nitrogen and oxygen atoms in total. The topological polar surface area (TPSA) is 87.3 Å². The van der Waals surface area contributed by atoms with E-state index >= 15 is 0 Å². The number of aryl methyl sites for hydroxylation is 1. The van der Waals surface area contributed by atoms with E-state index < -0.39 is 22.9 Å². The Kier molecular flexibility index (Phi) is 10.7. The summed E-state index contributed by atoms with van der Waals surface area (Å²) in [5.41, 5.74) is 3.79. The van der Waals surface area contributed by atoms with Crippen molar-refractivity contribution in [3.63, 3.8) is 0 Å². The average Bonchev–Trinajstić information content (AvgIpc) is 3.07. The number of halogens is 2. The van der Waals surface area contributed by atoms with Crippen molar-refractivity contribution >= 4 is 58.5 Å². The van der Waals surface area contributed by atoms with Crippen molar-refractivity contribution in [2.24, 2.45) is 0 Å². The normalized spacial score (nSPS) is 11.8. The van der Waals surface area contributed by atoms with Crippen LogP contribution in [0.5, 0.6) is 0 Å². The van der Waals surface area contributed by atoms with Crippen molar-refractivity contribution in [3.8, 4) is 0 Å². The van der Waals surface area contributed by atoms with Crippen LogP contribution >= 0.6 is 23.4 Å². The van der Waals surface area contributed by atoms with Gasteiger partial charge in [0, 0.05) is 21.8 Å². The van der Waals surface area contributed by atoms with Gasteiger partial charge in [-0.05, 0) is 78.2 Å². The fraction of sp³-hybridized carbons (Fsp3) is 0.0541. The zero-order valence-electron chi connectivity index (χ0n) is 24.7. The van der Waals surface area contributed by atoms with E-state index in [0.29, 0.717) is 21.8 Å². The summed E-state index contributed by atoms with van der Waals surface area (Å²) in [5, 5.41) is 7.69. The Morgan fingerprint density at radius 1 is 0.761 bits per heavy atom. The summed E-state index contributed by atoms with van der Waals surface area (Å²) >= 11 is 7.21. The standard InChI is InChI=1S/C37H29ClFN3O3S/c1-24-11-8-9-16-27(24)21-33(42-35(43)26-14-6-3-7-15-26)36(44)40-28-17-10-18-30(22-28)46-34(25-12-4-2-5-13-25)37(45)41-29-19-20-32(39)31(38)23-29/h2-23,34H,1H3,(H,40,44)(H,41,45)(H,42,43)/b33-21-. The molecular weight excluding hydrogens is 621 g/mol. The molecule has 0 bridgehead atoms. The second-order valence-corrected chi connectivity index (χ2v) is 11.8. The molecule has 0 saturated carbocycles. The Hall–Kier alpha value is -5.18. The van der Waals surface area contributed by atoms with Gasteiger partial charge < -0.3 is 16.0 Å². The van der Waals surface area contributed by atoms with Gasteiger partial charge in [0.2, 0.25) is 5.91 Å². The maximum atomic E-state index is 13.7. The number of amides is 3. The fourth-order valence-electron chi connectivity index (χ4n) is 4.51. The molecule has 46 heavy (non-hydrogen) atoms. The Morgan fingerprint density at radius 2 is 1.43 bits per heavy atom. The minimum Gasteiger partial charge on any atom is -0.325 e. The van der Waals surface area contributed by atoms with E-state index in [-0.39, 0.29) is 16.6 Å². The lowest BCUT2D eigenvalue weighted by Gasteiger charge is -2.18. The third-order valence-corrected chi connectivity index (χ3v) is 8.43. The van der Waals surface area contributed by atoms with Crippen LogP contribution in [0.2, 0.25) is 5.02 Å². The molecule has 0 aliphatic heterocycles. The molecule has 0 aromatic heterocycles. The number of thioether (sulfide) groups is 1. The average molecular weight is 650 g/mol. The fourth-order valence-corrected chi connectivity index (χ4v) is 5.77. The van der Waals surface area contributed by atoms with Crippen LogP contribution in [0.1, 0.15) is 32.3 Å². The molecule has 0 heterocycles. The van der Waals surface area contributed by atoms with Crippen molar-refractivity contribution in [1.29, 1.82) is 0 Å². The molecule has 0 aliphatic rings. The first-order chi connectivity index (χ1) is 22.3. The molecular formula is C37H29ClFN3O3S. The van der Waals surface area contributed by atoms with Gasteiger partial charge in [0.05, 0.1) is 5.02 Å². The van der Waals surface area contributed by atoms with Gasteiger partial charge in [0.25, 0.3) is 11.8 Å². The summed E-state index contributed by atoms with van der Waals surface area (Å²) in [6, 6.07) is 36.5. The number of hydrogen-bond acceptors (Lipinski definition) is 4. The summed E-state index contributed by atoms with van der Waals surface area (Å²) in [5.74, 6) is -1.84. The van der Waals surface area contributed by atoms with E-state index in [1.807, 2.05) is 73.7 Å². The summed E-state index contributed by atoms with van der Waals surface area (Å²) in [6.07, 6.45) is 1.64. The molecule has 3 amide bonds. The SMILES string of the molecule is Cc1ccccc1/C=C(\NC(=O)c1ccccc1)C(=O)Nc1cccc(SC(C(=O)Nc2ccc(F)c(Cl)c2)c2ccccc2)c1. The second kappa shape index (κ2) is 15.2. The lowest BCUT2D eigenvalue weighted by Crippen LogP contribution is -2.30. The van der Waals surface area contributed by atoms with Crippen LogP contribution in [-0.2, 0) is 9.59 Å². The first kappa shape index (κ1) is 32.2. The van der Waals surface area contributed by atoms with Gasteiger partial charge in [-0.25, -0.2) is 4.39 Å². The molecule has 0 saturated heterocycles. The highest BCUT2D eigenvalue weighted by Gasteiger charge is 2.23. The summed E-state index contributed by atoms with van der Waals surface area (Å²) in [6.45, 7) is 1.92. The smallest absolute Gasteiger partial charge is 0.272 e. The predicted octanol–water partition coefficient (Wildman–Crippen LogP) is 8.67. The van der Waals surface area contributed by atoms with Crippen LogP contribution in [0.15, 0.2) is 138 Å². The van der Waals surface area contributed by atoms with Crippen LogP contribution < -0.4 is 16.0 Å². The molecule has 0 fully saturated rings. The molecule has 0 radical (unpaired) electrons. The van der Waals surface area contributed by atoms with E-state index in [4.69, 9.17) is 11.6 Å². The Balaban J connectivity index is 1.38. The minimum atomic E-state index is -0.683. The molecule has 0 spiro atoms. The first-order valence-corrected chi connectivity index (χ1v) is 15.6. The van der Waals surface area contributed by atoms with Crippen LogP contribution in [-0.4, -0.2) is 17.7 Å². The molecule has 5 rings (SSSR count). The predicted molar refractivity (Wildman–Crippen MR) is 183 cm³/mol. The number of carbonyl (C=O) groups excluding carboxylic acids is 3. The summed E-state index contributed by atoms with van der Waals surface area (Å²) in [7, 11) is 0. The van der Waals surface area contributed by atoms with Gasteiger partial charge in [-0.1, -0.05) is 90.5 Å². The first-order valence-electron chi connectivity index (χ1n) is 14.3. The van der Waals surface area contributed by atoms with Crippen molar-refractivity contribution in [1.82, 2.24) is 5.32 Å². The monoisotopic (exact) mass is 649 g/mol. The molecule has 5 aromatic carbocycles. The molecule has 1 unspecified atom stereocenters. The van der Waals surface area contributed by atoms with Gasteiger partial charge in [-0.3, -0.25) is 14.4 Å². The van der Waals surface area contributed by atoms with Crippen molar-refractivity contribution in [2.45, 2.75) is 17.1 Å². The van der Waals surface area contributed by atoms with Gasteiger partial charge >= 0.3 is 0 Å². The van der Waals surface area contributed by atoms with Crippen molar-refractivity contribution < 1.29 is 18.8 Å². The lowest BCUT2D eigenvalue weighted by atomic mass is 10.1. The molecule has 5 aromatic rings. The number of anilines is 2. The van der Waals surface area contributed by atoms with Crippen LogP contribution in [0.25, 0.3) is 6.08 Å². The van der Waals surface area contributed by atoms with Crippen LogP contribution in [0.4, 0.5) is 15.8 Å². The third kappa shape index (κ3) is 8.50. The second-order valence-electron chi connectivity index (χ2n) is 10.2. The van der Waals surface area contributed by atoms with Gasteiger partial charge in [0.15, 0.2) is 0 Å². The highest BCUT2D eigenvalue weighted by molar-refractivity contribution is 8.00. The van der Waals surface area contributed by atoms with E-state index in [2.05, 4.69) is 16.0 Å². The number of nitrogens with one attached hydrogen (secondary N) is 3. The van der Waals surface area contributed by atoms with Gasteiger partial charge in [0.1, 0.15) is 16.8 Å². The summed E-state index contributed by atoms with van der Waals surface area (Å²) in [4.78, 5) is 40.8. The molecule has 3 N–H and O–H groups in total. The molecule has 9 heteroatoms. The van der Waals surface area contributed by atoms with E-state index in [0.717, 1.165) is 16.7 Å². The van der Waals surface area contributed by atoms with Gasteiger partial charge in [-0.2, -0.15) is 0 Å². The zero-order valence-corrected chi connectivity index (χ0v) is 26.2. The number of rotatable bonds is 10. The molecule has 1 atom stereocenters. The van der Waals surface area contributed by atoms with E-state index in [1.165, 1.54) is 30.0 Å². The number of carbonyl (C=O) groups is 3. The Bertz CT molecular complexity index is 1900. The van der Waals surface area contributed by atoms with Crippen LogP contribution in [0.3, 0.4) is 0 Å². The maximum absolute atomic E-state index is 13.7. The van der Waals surface area contributed by atoms with E-state index in [9.17, 15) is 18.8 Å². The number of benzene rings is 5. The number of hydrogen-bond donors (Lipinski definition) is 3. The van der Waals surface area contributed by atoms with Crippen molar-refractivity contribution in [2.75, 3.05) is 10.6 Å². The third-order valence-electron chi connectivity index (χ3n) is 6.89. The minimum absolute atomic E-state index is 0.0701. The van der Waals surface area contributed by atoms with Crippen LogP contribution in [0, 0.1) is 12.7 Å². The zero-order chi connectivity index (χ0) is 32.5. The quantitative estimate of drug-likeness (QED) is 0.104. The largest absolute Gasteiger partial charge is 0.325 e. The maximum Gasteiger partial charge on any atom is 0.272 e. The van der Waals surface area contributed by atoms with Crippen molar-refractivity contribution in [3.05, 3.63) is 166 Å².